The van der Waals surface area contributed by atoms with E-state index in [9.17, 15) is 8.42 Å². The zero-order valence-electron chi connectivity index (χ0n) is 10.1. The van der Waals surface area contributed by atoms with Gasteiger partial charge in [0, 0.05) is 26.3 Å². The lowest BCUT2D eigenvalue weighted by Crippen LogP contribution is -2.28. The van der Waals surface area contributed by atoms with Crippen molar-refractivity contribution in [2.75, 3.05) is 31.7 Å². The molecule has 1 aromatic carbocycles. The summed E-state index contributed by atoms with van der Waals surface area (Å²) in [5, 5.41) is 12.0. The van der Waals surface area contributed by atoms with E-state index in [-0.39, 0.29) is 12.3 Å². The van der Waals surface area contributed by atoms with Crippen molar-refractivity contribution in [2.45, 2.75) is 0 Å². The predicted octanol–water partition coefficient (Wildman–Crippen LogP) is 1.51. The summed E-state index contributed by atoms with van der Waals surface area (Å²) >= 11 is 5.86. The maximum atomic E-state index is 11.5. The van der Waals surface area contributed by atoms with Crippen molar-refractivity contribution in [3.8, 4) is 6.07 Å². The molecule has 0 bridgehead atoms. The van der Waals surface area contributed by atoms with Crippen molar-refractivity contribution in [3.05, 3.63) is 28.8 Å². The quantitative estimate of drug-likeness (QED) is 0.891. The first-order chi connectivity index (χ1) is 8.36. The number of anilines is 1. The molecule has 0 spiro atoms. The lowest BCUT2D eigenvalue weighted by Gasteiger charge is -2.12. The zero-order valence-corrected chi connectivity index (χ0v) is 11.7. The van der Waals surface area contributed by atoms with Gasteiger partial charge in [0.05, 0.1) is 16.3 Å². The van der Waals surface area contributed by atoms with E-state index in [1.807, 2.05) is 6.07 Å². The SMILES string of the molecule is CN(C)S(=O)(=O)CCNc1ccc(C#N)c(Cl)c1. The van der Waals surface area contributed by atoms with E-state index in [2.05, 4.69) is 5.32 Å². The van der Waals surface area contributed by atoms with Gasteiger partial charge in [-0.2, -0.15) is 5.26 Å². The van der Waals surface area contributed by atoms with Gasteiger partial charge < -0.3 is 5.32 Å². The van der Waals surface area contributed by atoms with Crippen LogP contribution >= 0.6 is 11.6 Å². The first kappa shape index (κ1) is 14.8. The number of halogens is 1. The van der Waals surface area contributed by atoms with E-state index in [0.717, 1.165) is 0 Å². The fourth-order valence-corrected chi connectivity index (χ4v) is 2.17. The van der Waals surface area contributed by atoms with Crippen LogP contribution in [-0.4, -0.2) is 39.1 Å². The number of nitrogens with zero attached hydrogens (tertiary/aromatic N) is 2. The molecule has 0 saturated carbocycles. The van der Waals surface area contributed by atoms with Gasteiger partial charge in [-0.25, -0.2) is 12.7 Å². The van der Waals surface area contributed by atoms with Gasteiger partial charge in [0.1, 0.15) is 6.07 Å². The van der Waals surface area contributed by atoms with Gasteiger partial charge in [-0.3, -0.25) is 0 Å². The zero-order chi connectivity index (χ0) is 13.8. The van der Waals surface area contributed by atoms with Crippen molar-refractivity contribution in [1.82, 2.24) is 4.31 Å². The Bertz CT molecular complexity index is 564. The Morgan fingerprint density at radius 1 is 1.44 bits per heavy atom. The number of hydrogen-bond acceptors (Lipinski definition) is 4. The lowest BCUT2D eigenvalue weighted by molar-refractivity contribution is 0.521. The van der Waals surface area contributed by atoms with Crippen LogP contribution in [0.1, 0.15) is 5.56 Å². The number of hydrogen-bond donors (Lipinski definition) is 1. The molecule has 1 aromatic rings. The highest BCUT2D eigenvalue weighted by Crippen LogP contribution is 2.19. The van der Waals surface area contributed by atoms with Gasteiger partial charge in [-0.15, -0.1) is 0 Å². The minimum Gasteiger partial charge on any atom is -0.384 e. The van der Waals surface area contributed by atoms with Crippen molar-refractivity contribution < 1.29 is 8.42 Å². The van der Waals surface area contributed by atoms with Crippen LogP contribution in [0, 0.1) is 11.3 Å². The molecule has 1 rings (SSSR count). The second-order valence-electron chi connectivity index (χ2n) is 3.83. The third-order valence-electron chi connectivity index (χ3n) is 2.34. The summed E-state index contributed by atoms with van der Waals surface area (Å²) in [6, 6.07) is 6.83. The Balaban J connectivity index is 2.61. The number of benzene rings is 1. The molecule has 0 aliphatic rings. The number of nitriles is 1. The van der Waals surface area contributed by atoms with Crippen LogP contribution in [0.5, 0.6) is 0 Å². The van der Waals surface area contributed by atoms with Gasteiger partial charge in [-0.1, -0.05) is 11.6 Å². The van der Waals surface area contributed by atoms with Crippen LogP contribution in [0.25, 0.3) is 0 Å². The minimum atomic E-state index is -3.21. The first-order valence-corrected chi connectivity index (χ1v) is 7.19. The Hall–Kier alpha value is -1.29. The fourth-order valence-electron chi connectivity index (χ4n) is 1.22. The molecule has 0 aromatic heterocycles. The van der Waals surface area contributed by atoms with E-state index < -0.39 is 10.0 Å². The molecule has 0 aliphatic heterocycles. The summed E-state index contributed by atoms with van der Waals surface area (Å²) in [5.41, 5.74) is 1.08. The molecule has 0 aliphatic carbocycles. The molecule has 0 unspecified atom stereocenters. The number of sulfonamides is 1. The third-order valence-corrected chi connectivity index (χ3v) is 4.48. The highest BCUT2D eigenvalue weighted by atomic mass is 35.5. The van der Waals surface area contributed by atoms with Gasteiger partial charge in [0.2, 0.25) is 10.0 Å². The minimum absolute atomic E-state index is 0.00236. The molecule has 18 heavy (non-hydrogen) atoms. The molecule has 0 saturated heterocycles. The highest BCUT2D eigenvalue weighted by molar-refractivity contribution is 7.89. The standard InChI is InChI=1S/C11H14ClN3O2S/c1-15(2)18(16,17)6-5-14-10-4-3-9(8-13)11(12)7-10/h3-4,7,14H,5-6H2,1-2H3. The summed E-state index contributed by atoms with van der Waals surface area (Å²) in [4.78, 5) is 0. The summed E-state index contributed by atoms with van der Waals surface area (Å²) in [5.74, 6) is -0.00236. The molecule has 0 atom stereocenters. The summed E-state index contributed by atoms with van der Waals surface area (Å²) in [6.45, 7) is 0.280. The molecule has 0 heterocycles. The number of rotatable bonds is 5. The Labute approximate surface area is 112 Å². The van der Waals surface area contributed by atoms with Crippen LogP contribution in [0.15, 0.2) is 18.2 Å². The van der Waals surface area contributed by atoms with E-state index >= 15 is 0 Å². The monoisotopic (exact) mass is 287 g/mol. The second kappa shape index (κ2) is 6.05. The molecular weight excluding hydrogens is 274 g/mol. The molecule has 5 nitrogen and oxygen atoms in total. The van der Waals surface area contributed by atoms with Crippen LogP contribution in [0.4, 0.5) is 5.69 Å². The Kier molecular flexibility index (Phi) is 4.96. The van der Waals surface area contributed by atoms with Crippen molar-refractivity contribution >= 4 is 27.3 Å². The molecule has 7 heteroatoms. The molecule has 1 N–H and O–H groups in total. The maximum Gasteiger partial charge on any atom is 0.215 e. The normalized spacial score (nSPS) is 11.3. The molecular formula is C11H14ClN3O2S. The summed E-state index contributed by atoms with van der Waals surface area (Å²) in [7, 11) is -0.218. The van der Waals surface area contributed by atoms with Crippen LogP contribution in [-0.2, 0) is 10.0 Å². The average molecular weight is 288 g/mol. The van der Waals surface area contributed by atoms with Crippen molar-refractivity contribution in [1.29, 1.82) is 5.26 Å². The summed E-state index contributed by atoms with van der Waals surface area (Å²) < 4.78 is 24.2. The van der Waals surface area contributed by atoms with Gasteiger partial charge in [-0.05, 0) is 18.2 Å². The van der Waals surface area contributed by atoms with E-state index in [1.54, 1.807) is 18.2 Å². The van der Waals surface area contributed by atoms with Crippen LogP contribution in [0.2, 0.25) is 5.02 Å². The van der Waals surface area contributed by atoms with E-state index in [4.69, 9.17) is 16.9 Å². The first-order valence-electron chi connectivity index (χ1n) is 5.20. The van der Waals surface area contributed by atoms with Crippen molar-refractivity contribution in [2.24, 2.45) is 0 Å². The molecule has 0 amide bonds. The smallest absolute Gasteiger partial charge is 0.215 e. The van der Waals surface area contributed by atoms with Crippen molar-refractivity contribution in [3.63, 3.8) is 0 Å². The molecule has 0 radical (unpaired) electrons. The number of nitrogens with one attached hydrogen (secondary N) is 1. The topological polar surface area (TPSA) is 73.2 Å². The third kappa shape index (κ3) is 3.88. The van der Waals surface area contributed by atoms with Gasteiger partial charge >= 0.3 is 0 Å². The average Bonchev–Trinajstić information content (AvgIpc) is 2.29. The Morgan fingerprint density at radius 2 is 2.11 bits per heavy atom. The largest absolute Gasteiger partial charge is 0.384 e. The maximum absolute atomic E-state index is 11.5. The fraction of sp³-hybridized carbons (Fsp3) is 0.364. The summed E-state index contributed by atoms with van der Waals surface area (Å²) in [6.07, 6.45) is 0. The Morgan fingerprint density at radius 3 is 2.61 bits per heavy atom. The lowest BCUT2D eigenvalue weighted by atomic mass is 10.2. The van der Waals surface area contributed by atoms with E-state index in [0.29, 0.717) is 16.3 Å². The second-order valence-corrected chi connectivity index (χ2v) is 6.54. The molecule has 98 valence electrons. The van der Waals surface area contributed by atoms with Crippen LogP contribution < -0.4 is 5.32 Å². The molecule has 0 fully saturated rings. The van der Waals surface area contributed by atoms with Gasteiger partial charge in [0.25, 0.3) is 0 Å². The predicted molar refractivity (Wildman–Crippen MR) is 72.1 cm³/mol. The van der Waals surface area contributed by atoms with Crippen LogP contribution in [0.3, 0.4) is 0 Å². The highest BCUT2D eigenvalue weighted by Gasteiger charge is 2.12. The van der Waals surface area contributed by atoms with E-state index in [1.165, 1.54) is 18.4 Å². The van der Waals surface area contributed by atoms with Gasteiger partial charge in [0.15, 0.2) is 0 Å².